The lowest BCUT2D eigenvalue weighted by Crippen LogP contribution is -2.24. The number of carboxylic acid groups (broad SMARTS) is 1. The number of hydrogen-bond donors (Lipinski definition) is 4. The summed E-state index contributed by atoms with van der Waals surface area (Å²) < 4.78 is 0. The van der Waals surface area contributed by atoms with Crippen LogP contribution < -0.4 is 16.4 Å². The maximum absolute atomic E-state index is 11.3. The van der Waals surface area contributed by atoms with E-state index in [9.17, 15) is 14.7 Å². The van der Waals surface area contributed by atoms with Crippen molar-refractivity contribution in [2.45, 2.75) is 0 Å². The number of aromatic carboxylic acids is 1. The van der Waals surface area contributed by atoms with Gasteiger partial charge in [0, 0.05) is 17.6 Å². The van der Waals surface area contributed by atoms with Gasteiger partial charge in [0.2, 0.25) is 0 Å². The fourth-order valence-electron chi connectivity index (χ4n) is 1.64. The second-order valence-corrected chi connectivity index (χ2v) is 5.04. The van der Waals surface area contributed by atoms with Crippen LogP contribution in [-0.2, 0) is 0 Å². The molecule has 7 heteroatoms. The topological polar surface area (TPSA) is 104 Å². The van der Waals surface area contributed by atoms with E-state index in [2.05, 4.69) is 10.6 Å². The molecule has 2 aromatic rings. The number of carboxylic acids is 1. The van der Waals surface area contributed by atoms with E-state index in [1.807, 2.05) is 6.07 Å². The third-order valence-corrected chi connectivity index (χ3v) is 3.69. The number of nitrogens with two attached hydrogens (primary N) is 1. The molecule has 0 saturated heterocycles. The number of hydrogen-bond acceptors (Lipinski definition) is 4. The van der Waals surface area contributed by atoms with E-state index in [0.717, 1.165) is 10.4 Å². The van der Waals surface area contributed by atoms with Crippen LogP contribution in [0.2, 0.25) is 0 Å². The fraction of sp³-hybridized carbons (Fsp3) is 0.0769. The molecule has 6 nitrogen and oxygen atoms in total. The molecule has 0 aliphatic carbocycles. The van der Waals surface area contributed by atoms with Gasteiger partial charge in [-0.15, -0.1) is 11.3 Å². The van der Waals surface area contributed by atoms with Crippen LogP contribution in [0.15, 0.2) is 30.3 Å². The Labute approximate surface area is 119 Å². The Morgan fingerprint density at radius 3 is 2.65 bits per heavy atom. The molecule has 0 aliphatic heterocycles. The van der Waals surface area contributed by atoms with Crippen LogP contribution in [0.4, 0.5) is 15.5 Å². The van der Waals surface area contributed by atoms with Crippen LogP contribution in [-0.4, -0.2) is 24.2 Å². The van der Waals surface area contributed by atoms with Crippen molar-refractivity contribution in [2.24, 2.45) is 0 Å². The smallest absolute Gasteiger partial charge is 0.338 e. The van der Waals surface area contributed by atoms with Gasteiger partial charge in [0.25, 0.3) is 0 Å². The summed E-state index contributed by atoms with van der Waals surface area (Å²) in [4.78, 5) is 23.3. The summed E-state index contributed by atoms with van der Waals surface area (Å²) in [7, 11) is 1.46. The summed E-state index contributed by atoms with van der Waals surface area (Å²) in [6.45, 7) is 0. The van der Waals surface area contributed by atoms with Crippen LogP contribution in [0.3, 0.4) is 0 Å². The Morgan fingerprint density at radius 1 is 1.30 bits per heavy atom. The van der Waals surface area contributed by atoms with Gasteiger partial charge in [-0.1, -0.05) is 12.1 Å². The normalized spacial score (nSPS) is 10.1. The van der Waals surface area contributed by atoms with E-state index in [0.29, 0.717) is 5.69 Å². The number of amides is 2. The van der Waals surface area contributed by atoms with E-state index in [1.54, 1.807) is 18.2 Å². The van der Waals surface area contributed by atoms with Gasteiger partial charge in [0.15, 0.2) is 0 Å². The predicted molar refractivity (Wildman–Crippen MR) is 79.2 cm³/mol. The average Bonchev–Trinajstić information content (AvgIpc) is 2.82. The first-order valence-corrected chi connectivity index (χ1v) is 6.54. The minimum Gasteiger partial charge on any atom is -0.478 e. The second-order valence-electron chi connectivity index (χ2n) is 3.99. The largest absolute Gasteiger partial charge is 0.478 e. The van der Waals surface area contributed by atoms with Crippen LogP contribution in [0, 0.1) is 0 Å². The number of urea groups is 1. The van der Waals surface area contributed by atoms with E-state index in [-0.39, 0.29) is 10.6 Å². The number of carbonyl (C=O) groups is 2. The molecule has 0 radical (unpaired) electrons. The van der Waals surface area contributed by atoms with Crippen LogP contribution in [0.5, 0.6) is 0 Å². The maximum Gasteiger partial charge on any atom is 0.338 e. The van der Waals surface area contributed by atoms with Crippen molar-refractivity contribution in [1.82, 2.24) is 5.32 Å². The van der Waals surface area contributed by atoms with Crippen LogP contribution >= 0.6 is 11.3 Å². The van der Waals surface area contributed by atoms with Gasteiger partial charge in [-0.3, -0.25) is 5.32 Å². The highest BCUT2D eigenvalue weighted by Gasteiger charge is 2.17. The zero-order valence-electron chi connectivity index (χ0n) is 10.6. The van der Waals surface area contributed by atoms with Gasteiger partial charge >= 0.3 is 12.0 Å². The number of nitrogen functional groups attached to an aromatic ring is 1. The summed E-state index contributed by atoms with van der Waals surface area (Å²) in [6, 6.07) is 8.18. The van der Waals surface area contributed by atoms with Crippen molar-refractivity contribution in [2.75, 3.05) is 18.1 Å². The molecule has 5 N–H and O–H groups in total. The number of carbonyl (C=O) groups excluding carboxylic acids is 1. The van der Waals surface area contributed by atoms with Gasteiger partial charge in [-0.05, 0) is 23.8 Å². The first kappa shape index (κ1) is 13.9. The number of benzene rings is 1. The quantitative estimate of drug-likeness (QED) is 0.652. The molecule has 0 aliphatic rings. The SMILES string of the molecule is CNC(=O)Nc1sc(-c2cccc(N)c2)cc1C(=O)O. The predicted octanol–water partition coefficient (Wildman–Crippen LogP) is 2.45. The number of rotatable bonds is 3. The van der Waals surface area contributed by atoms with Gasteiger partial charge in [0.05, 0.1) is 5.56 Å². The first-order valence-electron chi connectivity index (χ1n) is 5.73. The van der Waals surface area contributed by atoms with E-state index in [4.69, 9.17) is 5.73 Å². The van der Waals surface area contributed by atoms with Crippen molar-refractivity contribution in [3.05, 3.63) is 35.9 Å². The molecule has 0 atom stereocenters. The molecule has 0 fully saturated rings. The summed E-state index contributed by atoms with van der Waals surface area (Å²) >= 11 is 1.18. The number of thiophene rings is 1. The second kappa shape index (κ2) is 5.62. The molecule has 2 rings (SSSR count). The van der Waals surface area contributed by atoms with Gasteiger partial charge in [-0.25, -0.2) is 9.59 Å². The van der Waals surface area contributed by atoms with Gasteiger partial charge < -0.3 is 16.2 Å². The Balaban J connectivity index is 2.43. The highest BCUT2D eigenvalue weighted by atomic mass is 32.1. The van der Waals surface area contributed by atoms with Crippen molar-refractivity contribution in [1.29, 1.82) is 0 Å². The molecular weight excluding hydrogens is 278 g/mol. The van der Waals surface area contributed by atoms with Crippen molar-refractivity contribution in [3.8, 4) is 10.4 Å². The van der Waals surface area contributed by atoms with Gasteiger partial charge in [-0.2, -0.15) is 0 Å². The fourth-order valence-corrected chi connectivity index (χ4v) is 2.68. The molecule has 1 aromatic heterocycles. The molecule has 104 valence electrons. The third-order valence-electron chi connectivity index (χ3n) is 2.59. The number of nitrogens with one attached hydrogen (secondary N) is 2. The summed E-state index contributed by atoms with van der Waals surface area (Å²) in [5.74, 6) is -1.09. The van der Waals surface area contributed by atoms with Gasteiger partial charge in [0.1, 0.15) is 5.00 Å². The minimum absolute atomic E-state index is 0.0519. The van der Waals surface area contributed by atoms with Crippen molar-refractivity contribution in [3.63, 3.8) is 0 Å². The van der Waals surface area contributed by atoms with Crippen LogP contribution in [0.25, 0.3) is 10.4 Å². The van der Waals surface area contributed by atoms with E-state index in [1.165, 1.54) is 24.5 Å². The minimum atomic E-state index is -1.09. The summed E-state index contributed by atoms with van der Waals surface area (Å²) in [6.07, 6.45) is 0. The maximum atomic E-state index is 11.3. The van der Waals surface area contributed by atoms with Crippen molar-refractivity contribution >= 4 is 34.0 Å². The van der Waals surface area contributed by atoms with Crippen LogP contribution in [0.1, 0.15) is 10.4 Å². The molecule has 1 aromatic carbocycles. The highest BCUT2D eigenvalue weighted by molar-refractivity contribution is 7.20. The Morgan fingerprint density at radius 2 is 2.05 bits per heavy atom. The highest BCUT2D eigenvalue weighted by Crippen LogP contribution is 2.36. The lowest BCUT2D eigenvalue weighted by Gasteiger charge is -2.02. The molecule has 0 bridgehead atoms. The lowest BCUT2D eigenvalue weighted by atomic mass is 10.1. The van der Waals surface area contributed by atoms with E-state index < -0.39 is 12.0 Å². The Bertz CT molecular complexity index is 667. The molecule has 1 heterocycles. The Kier molecular flexibility index (Phi) is 3.90. The zero-order chi connectivity index (χ0) is 14.7. The monoisotopic (exact) mass is 291 g/mol. The molecule has 0 saturated carbocycles. The molecule has 0 unspecified atom stereocenters. The first-order chi connectivity index (χ1) is 9.51. The molecule has 0 spiro atoms. The van der Waals surface area contributed by atoms with E-state index >= 15 is 0 Å². The van der Waals surface area contributed by atoms with Crippen molar-refractivity contribution < 1.29 is 14.7 Å². The Hall–Kier alpha value is -2.54. The summed E-state index contributed by atoms with van der Waals surface area (Å²) in [5, 5.41) is 14.3. The average molecular weight is 291 g/mol. The lowest BCUT2D eigenvalue weighted by molar-refractivity contribution is 0.0698. The number of anilines is 2. The zero-order valence-corrected chi connectivity index (χ0v) is 11.5. The molecule has 2 amide bonds. The molecular formula is C13H13N3O3S. The summed E-state index contributed by atoms with van der Waals surface area (Å²) in [5.41, 5.74) is 7.16. The third kappa shape index (κ3) is 2.89. The standard InChI is InChI=1S/C13H13N3O3S/c1-15-13(19)16-11-9(12(17)18)6-10(20-11)7-3-2-4-8(14)5-7/h2-6H,14H2,1H3,(H,17,18)(H2,15,16,19). The molecule has 20 heavy (non-hydrogen) atoms.